The third-order valence-corrected chi connectivity index (χ3v) is 3.05. The summed E-state index contributed by atoms with van der Waals surface area (Å²) in [6, 6.07) is -0.221. The molecule has 2 nitrogen and oxygen atoms in total. The maximum atomic E-state index is 12.1. The van der Waals surface area contributed by atoms with Crippen molar-refractivity contribution in [2.24, 2.45) is 0 Å². The van der Waals surface area contributed by atoms with Crippen LogP contribution in [0, 0.1) is 0 Å². The van der Waals surface area contributed by atoms with Crippen LogP contribution in [0.4, 0.5) is 13.2 Å². The number of nitrogens with one attached hydrogen (secondary N) is 1. The Morgan fingerprint density at radius 3 is 2.53 bits per heavy atom. The third kappa shape index (κ3) is 3.65. The van der Waals surface area contributed by atoms with Crippen molar-refractivity contribution < 1.29 is 17.9 Å². The fourth-order valence-corrected chi connectivity index (χ4v) is 2.14. The average molecular weight is 225 g/mol. The maximum absolute atomic E-state index is 12.1. The second-order valence-electron chi connectivity index (χ2n) is 4.26. The van der Waals surface area contributed by atoms with Crippen LogP contribution in [0.15, 0.2) is 0 Å². The van der Waals surface area contributed by atoms with Gasteiger partial charge in [0, 0.05) is 19.1 Å². The van der Waals surface area contributed by atoms with E-state index >= 15 is 0 Å². The van der Waals surface area contributed by atoms with Crippen molar-refractivity contribution in [1.82, 2.24) is 5.32 Å². The zero-order chi connectivity index (χ0) is 11.5. The van der Waals surface area contributed by atoms with Gasteiger partial charge in [0.25, 0.3) is 0 Å². The van der Waals surface area contributed by atoms with Gasteiger partial charge in [0.1, 0.15) is 0 Å². The molecule has 1 heterocycles. The summed E-state index contributed by atoms with van der Waals surface area (Å²) in [5.41, 5.74) is -0.431. The normalized spacial score (nSPS) is 29.4. The van der Waals surface area contributed by atoms with E-state index in [4.69, 9.17) is 4.74 Å². The van der Waals surface area contributed by atoms with Crippen molar-refractivity contribution in [1.29, 1.82) is 0 Å². The standard InChI is InChI=1S/C10H18F3NO/c1-9(5-3-7-15-9)8(14-2)4-6-10(11,12)13/h8,14H,3-7H2,1-2H3. The van der Waals surface area contributed by atoms with E-state index in [9.17, 15) is 13.2 Å². The molecule has 1 aliphatic heterocycles. The lowest BCUT2D eigenvalue weighted by molar-refractivity contribution is -0.140. The molecule has 0 aliphatic carbocycles. The fraction of sp³-hybridized carbons (Fsp3) is 1.00. The Balaban J connectivity index is 2.48. The Morgan fingerprint density at radius 2 is 2.13 bits per heavy atom. The Bertz CT molecular complexity index is 199. The highest BCUT2D eigenvalue weighted by Gasteiger charge is 2.39. The quantitative estimate of drug-likeness (QED) is 0.793. The molecule has 0 amide bonds. The number of ether oxygens (including phenoxy) is 1. The Hall–Kier alpha value is -0.290. The van der Waals surface area contributed by atoms with Crippen molar-refractivity contribution in [3.8, 4) is 0 Å². The molecule has 5 heteroatoms. The van der Waals surface area contributed by atoms with Crippen LogP contribution in [0.1, 0.15) is 32.6 Å². The van der Waals surface area contributed by atoms with Crippen LogP contribution in [0.5, 0.6) is 0 Å². The molecule has 1 saturated heterocycles. The van der Waals surface area contributed by atoms with E-state index in [2.05, 4.69) is 5.32 Å². The van der Waals surface area contributed by atoms with Crippen LogP contribution in [0.2, 0.25) is 0 Å². The molecule has 0 aromatic heterocycles. The van der Waals surface area contributed by atoms with Gasteiger partial charge in [0.2, 0.25) is 0 Å². The summed E-state index contributed by atoms with van der Waals surface area (Å²) >= 11 is 0. The molecule has 2 unspecified atom stereocenters. The van der Waals surface area contributed by atoms with E-state index < -0.39 is 18.2 Å². The highest BCUT2D eigenvalue weighted by atomic mass is 19.4. The van der Waals surface area contributed by atoms with Crippen LogP contribution < -0.4 is 5.32 Å². The van der Waals surface area contributed by atoms with E-state index in [1.54, 1.807) is 7.05 Å². The number of rotatable bonds is 4. The van der Waals surface area contributed by atoms with Gasteiger partial charge in [0.05, 0.1) is 5.60 Å². The maximum Gasteiger partial charge on any atom is 0.389 e. The molecule has 2 atom stereocenters. The largest absolute Gasteiger partial charge is 0.389 e. The summed E-state index contributed by atoms with van der Waals surface area (Å²) in [6.07, 6.45) is -2.99. The van der Waals surface area contributed by atoms with Crippen LogP contribution in [-0.2, 0) is 4.74 Å². The van der Waals surface area contributed by atoms with Gasteiger partial charge in [-0.25, -0.2) is 0 Å². The number of hydrogen-bond acceptors (Lipinski definition) is 2. The first kappa shape index (κ1) is 12.8. The van der Waals surface area contributed by atoms with Crippen LogP contribution in [0.25, 0.3) is 0 Å². The molecule has 1 aliphatic rings. The SMILES string of the molecule is CNC(CCC(F)(F)F)C1(C)CCCO1. The van der Waals surface area contributed by atoms with Gasteiger partial charge < -0.3 is 10.1 Å². The van der Waals surface area contributed by atoms with E-state index in [1.807, 2.05) is 6.92 Å². The Kier molecular flexibility index (Phi) is 4.00. The molecule has 0 aromatic rings. The van der Waals surface area contributed by atoms with E-state index in [1.165, 1.54) is 0 Å². The minimum atomic E-state index is -4.08. The molecule has 0 saturated carbocycles. The van der Waals surface area contributed by atoms with Crippen LogP contribution >= 0.6 is 0 Å². The summed E-state index contributed by atoms with van der Waals surface area (Å²) in [7, 11) is 1.69. The molecule has 1 rings (SSSR count). The molecule has 1 N–H and O–H groups in total. The highest BCUT2D eigenvalue weighted by molar-refractivity contribution is 4.92. The topological polar surface area (TPSA) is 21.3 Å². The van der Waals surface area contributed by atoms with Crippen LogP contribution in [0.3, 0.4) is 0 Å². The van der Waals surface area contributed by atoms with E-state index in [-0.39, 0.29) is 12.5 Å². The second kappa shape index (κ2) is 4.70. The molecule has 0 aromatic carbocycles. The van der Waals surface area contributed by atoms with Gasteiger partial charge in [-0.1, -0.05) is 0 Å². The molecule has 1 fully saturated rings. The Labute approximate surface area is 88.2 Å². The third-order valence-electron chi connectivity index (χ3n) is 3.05. The molecular formula is C10H18F3NO. The molecule has 0 radical (unpaired) electrons. The van der Waals surface area contributed by atoms with Gasteiger partial charge in [0.15, 0.2) is 0 Å². The Morgan fingerprint density at radius 1 is 1.47 bits per heavy atom. The minimum Gasteiger partial charge on any atom is -0.374 e. The van der Waals surface area contributed by atoms with E-state index in [0.717, 1.165) is 12.8 Å². The summed E-state index contributed by atoms with van der Waals surface area (Å²) in [5, 5.41) is 2.93. The van der Waals surface area contributed by atoms with Crippen molar-refractivity contribution in [2.75, 3.05) is 13.7 Å². The first-order chi connectivity index (χ1) is 6.87. The smallest absolute Gasteiger partial charge is 0.374 e. The van der Waals surface area contributed by atoms with Crippen LogP contribution in [-0.4, -0.2) is 31.5 Å². The first-order valence-electron chi connectivity index (χ1n) is 5.25. The van der Waals surface area contributed by atoms with E-state index in [0.29, 0.717) is 6.61 Å². The van der Waals surface area contributed by atoms with Crippen molar-refractivity contribution >= 4 is 0 Å². The summed E-state index contributed by atoms with van der Waals surface area (Å²) in [6.45, 7) is 2.54. The van der Waals surface area contributed by atoms with Gasteiger partial charge in [-0.15, -0.1) is 0 Å². The monoisotopic (exact) mass is 225 g/mol. The predicted octanol–water partition coefficient (Wildman–Crippen LogP) is 2.49. The summed E-state index contributed by atoms with van der Waals surface area (Å²) < 4.78 is 41.8. The van der Waals surface area contributed by atoms with Gasteiger partial charge in [-0.05, 0) is 33.2 Å². The minimum absolute atomic E-state index is 0.0799. The highest BCUT2D eigenvalue weighted by Crippen LogP contribution is 2.32. The molecule has 0 spiro atoms. The molecule has 90 valence electrons. The number of hydrogen-bond donors (Lipinski definition) is 1. The van der Waals surface area contributed by atoms with Gasteiger partial charge in [-0.3, -0.25) is 0 Å². The van der Waals surface area contributed by atoms with Gasteiger partial charge >= 0.3 is 6.18 Å². The molecule has 15 heavy (non-hydrogen) atoms. The van der Waals surface area contributed by atoms with Gasteiger partial charge in [-0.2, -0.15) is 13.2 Å². The average Bonchev–Trinajstić information content (AvgIpc) is 2.52. The number of alkyl halides is 3. The zero-order valence-electron chi connectivity index (χ0n) is 9.16. The lowest BCUT2D eigenvalue weighted by Gasteiger charge is -2.33. The van der Waals surface area contributed by atoms with Crippen molar-refractivity contribution in [3.05, 3.63) is 0 Å². The molecular weight excluding hydrogens is 207 g/mol. The number of likely N-dealkylation sites (N-methyl/N-ethyl adjacent to an activating group) is 1. The zero-order valence-corrected chi connectivity index (χ0v) is 9.16. The van der Waals surface area contributed by atoms with Crippen molar-refractivity contribution in [2.45, 2.75) is 50.4 Å². The first-order valence-corrected chi connectivity index (χ1v) is 5.25. The molecule has 0 bridgehead atoms. The summed E-state index contributed by atoms with van der Waals surface area (Å²) in [5.74, 6) is 0. The fourth-order valence-electron chi connectivity index (χ4n) is 2.14. The van der Waals surface area contributed by atoms with Crippen molar-refractivity contribution in [3.63, 3.8) is 0 Å². The lowest BCUT2D eigenvalue weighted by atomic mass is 9.90. The second-order valence-corrected chi connectivity index (χ2v) is 4.26. The summed E-state index contributed by atoms with van der Waals surface area (Å²) in [4.78, 5) is 0. The lowest BCUT2D eigenvalue weighted by Crippen LogP contribution is -2.47. The predicted molar refractivity (Wildman–Crippen MR) is 51.7 cm³/mol. The number of halogens is 3.